The van der Waals surface area contributed by atoms with E-state index in [1.807, 2.05) is 12.4 Å². The van der Waals surface area contributed by atoms with Crippen LogP contribution in [0.4, 0.5) is 0 Å². The molecule has 0 aromatic carbocycles. The highest BCUT2D eigenvalue weighted by molar-refractivity contribution is 5.27. The summed E-state index contributed by atoms with van der Waals surface area (Å²) in [7, 11) is 0. The smallest absolute Gasteiger partial charge is 0.252 e. The van der Waals surface area contributed by atoms with Gasteiger partial charge in [0.25, 0.3) is 5.78 Å². The van der Waals surface area contributed by atoms with Gasteiger partial charge in [-0.25, -0.2) is 9.50 Å². The molecule has 1 saturated heterocycles. The van der Waals surface area contributed by atoms with Crippen molar-refractivity contribution in [2.75, 3.05) is 13.1 Å². The molecular weight excluding hydrogens is 190 g/mol. The van der Waals surface area contributed by atoms with Crippen molar-refractivity contribution in [1.82, 2.24) is 24.9 Å². The van der Waals surface area contributed by atoms with Crippen molar-refractivity contribution >= 4 is 5.78 Å². The van der Waals surface area contributed by atoms with E-state index >= 15 is 0 Å². The van der Waals surface area contributed by atoms with E-state index in [1.165, 1.54) is 24.7 Å². The van der Waals surface area contributed by atoms with E-state index in [4.69, 9.17) is 0 Å². The Hall–Kier alpha value is -1.49. The lowest BCUT2D eigenvalue weighted by Gasteiger charge is -2.22. The number of hydrogen-bond acceptors (Lipinski definition) is 4. The first-order valence-corrected chi connectivity index (χ1v) is 5.29. The zero-order valence-electron chi connectivity index (χ0n) is 8.43. The molecule has 2 aromatic rings. The molecule has 0 aliphatic carbocycles. The lowest BCUT2D eigenvalue weighted by molar-refractivity contribution is 0.458. The molecule has 1 N–H and O–H groups in total. The minimum atomic E-state index is 0.618. The Morgan fingerprint density at radius 3 is 3.00 bits per heavy atom. The second kappa shape index (κ2) is 3.58. The molecule has 15 heavy (non-hydrogen) atoms. The Balaban J connectivity index is 1.95. The minimum Gasteiger partial charge on any atom is -0.317 e. The Labute approximate surface area is 87.5 Å². The van der Waals surface area contributed by atoms with Crippen LogP contribution in [0.2, 0.25) is 0 Å². The van der Waals surface area contributed by atoms with E-state index in [-0.39, 0.29) is 0 Å². The van der Waals surface area contributed by atoms with Gasteiger partial charge in [0.05, 0.1) is 0 Å². The quantitative estimate of drug-likeness (QED) is 0.737. The second-order valence-corrected chi connectivity index (χ2v) is 3.92. The Morgan fingerprint density at radius 1 is 1.27 bits per heavy atom. The number of nitrogens with zero attached hydrogens (tertiary/aromatic N) is 4. The van der Waals surface area contributed by atoms with Gasteiger partial charge in [-0.3, -0.25) is 0 Å². The summed E-state index contributed by atoms with van der Waals surface area (Å²) in [5, 5.41) is 7.46. The van der Waals surface area contributed by atoms with E-state index < -0.39 is 0 Å². The Morgan fingerprint density at radius 2 is 2.13 bits per heavy atom. The molecule has 0 atom stereocenters. The number of hydrogen-bond donors (Lipinski definition) is 1. The maximum atomic E-state index is 4.29. The predicted octanol–water partition coefficient (Wildman–Crippen LogP) is 0.591. The highest BCUT2D eigenvalue weighted by Gasteiger charge is 2.16. The number of nitrogens with one attached hydrogen (secondary N) is 1. The van der Waals surface area contributed by atoms with E-state index in [2.05, 4.69) is 20.4 Å². The van der Waals surface area contributed by atoms with Crippen LogP contribution in [0.1, 0.15) is 24.3 Å². The lowest BCUT2D eigenvalue weighted by atomic mass is 9.92. The fourth-order valence-corrected chi connectivity index (χ4v) is 2.10. The van der Waals surface area contributed by atoms with Gasteiger partial charge < -0.3 is 5.32 Å². The molecule has 0 amide bonds. The summed E-state index contributed by atoms with van der Waals surface area (Å²) in [6, 6.07) is 0. The first-order valence-electron chi connectivity index (χ1n) is 5.29. The van der Waals surface area contributed by atoms with Gasteiger partial charge in [0.2, 0.25) is 0 Å². The molecule has 0 spiro atoms. The summed E-state index contributed by atoms with van der Waals surface area (Å²) in [4.78, 5) is 8.32. The van der Waals surface area contributed by atoms with Crippen LogP contribution in [-0.4, -0.2) is 32.7 Å². The number of rotatable bonds is 1. The average molecular weight is 203 g/mol. The molecule has 78 valence electrons. The standard InChI is InChI=1S/C10H13N5/c1-3-11-4-2-8(1)9-5-12-10-13-7-14-15(10)6-9/h5-8,11H,1-4H2. The van der Waals surface area contributed by atoms with Crippen molar-refractivity contribution in [3.8, 4) is 0 Å². The van der Waals surface area contributed by atoms with Crippen molar-refractivity contribution in [1.29, 1.82) is 0 Å². The number of fused-ring (bicyclic) bond motifs is 1. The number of aromatic nitrogens is 4. The summed E-state index contributed by atoms with van der Waals surface area (Å²) < 4.78 is 1.75. The summed E-state index contributed by atoms with van der Waals surface area (Å²) in [5.74, 6) is 1.29. The van der Waals surface area contributed by atoms with Crippen molar-refractivity contribution in [3.05, 3.63) is 24.3 Å². The normalized spacial score (nSPS) is 18.4. The van der Waals surface area contributed by atoms with Crippen LogP contribution in [-0.2, 0) is 0 Å². The van der Waals surface area contributed by atoms with Crippen LogP contribution in [0.25, 0.3) is 5.78 Å². The van der Waals surface area contributed by atoms with Crippen LogP contribution >= 0.6 is 0 Å². The van der Waals surface area contributed by atoms with Gasteiger partial charge >= 0.3 is 0 Å². The third kappa shape index (κ3) is 1.59. The number of piperidine rings is 1. The topological polar surface area (TPSA) is 55.1 Å². The van der Waals surface area contributed by atoms with Gasteiger partial charge in [0, 0.05) is 12.4 Å². The lowest BCUT2D eigenvalue weighted by Crippen LogP contribution is -2.26. The molecule has 0 saturated carbocycles. The molecule has 1 aliphatic heterocycles. The van der Waals surface area contributed by atoms with E-state index in [9.17, 15) is 0 Å². The van der Waals surface area contributed by atoms with Gasteiger partial charge in [-0.2, -0.15) is 10.1 Å². The molecule has 1 aliphatic rings. The van der Waals surface area contributed by atoms with Gasteiger partial charge in [-0.1, -0.05) is 0 Å². The molecule has 0 radical (unpaired) electrons. The van der Waals surface area contributed by atoms with E-state index in [0.717, 1.165) is 13.1 Å². The highest BCUT2D eigenvalue weighted by atomic mass is 15.3. The van der Waals surface area contributed by atoms with Crippen molar-refractivity contribution in [2.45, 2.75) is 18.8 Å². The van der Waals surface area contributed by atoms with Gasteiger partial charge in [-0.05, 0) is 37.4 Å². The zero-order chi connectivity index (χ0) is 10.1. The third-order valence-corrected chi connectivity index (χ3v) is 2.97. The fraction of sp³-hybridized carbons (Fsp3) is 0.500. The largest absolute Gasteiger partial charge is 0.317 e. The van der Waals surface area contributed by atoms with Crippen LogP contribution < -0.4 is 5.32 Å². The van der Waals surface area contributed by atoms with Gasteiger partial charge in [0.15, 0.2) is 0 Å². The first-order chi connectivity index (χ1) is 7.43. The summed E-state index contributed by atoms with van der Waals surface area (Å²) in [6.45, 7) is 2.19. The Kier molecular flexibility index (Phi) is 2.10. The maximum absolute atomic E-state index is 4.29. The molecule has 0 bridgehead atoms. The first kappa shape index (κ1) is 8.79. The molecule has 1 fully saturated rings. The summed E-state index contributed by atoms with van der Waals surface area (Å²) >= 11 is 0. The summed E-state index contributed by atoms with van der Waals surface area (Å²) in [5.41, 5.74) is 1.27. The fourth-order valence-electron chi connectivity index (χ4n) is 2.10. The average Bonchev–Trinajstić information content (AvgIpc) is 2.77. The van der Waals surface area contributed by atoms with Crippen LogP contribution in [0, 0.1) is 0 Å². The minimum absolute atomic E-state index is 0.618. The highest BCUT2D eigenvalue weighted by Crippen LogP contribution is 2.23. The predicted molar refractivity (Wildman–Crippen MR) is 55.6 cm³/mol. The molecule has 5 nitrogen and oxygen atoms in total. The molecule has 2 aromatic heterocycles. The SMILES string of the molecule is c1nc2ncc(C3CCNCC3)cn2n1. The monoisotopic (exact) mass is 203 g/mol. The molecule has 0 unspecified atom stereocenters. The van der Waals surface area contributed by atoms with Crippen molar-refractivity contribution in [2.24, 2.45) is 0 Å². The molecular formula is C10H13N5. The van der Waals surface area contributed by atoms with Crippen molar-refractivity contribution < 1.29 is 0 Å². The van der Waals surface area contributed by atoms with Crippen LogP contribution in [0.5, 0.6) is 0 Å². The van der Waals surface area contributed by atoms with E-state index in [1.54, 1.807) is 4.52 Å². The van der Waals surface area contributed by atoms with Gasteiger partial charge in [0.1, 0.15) is 6.33 Å². The maximum Gasteiger partial charge on any atom is 0.252 e. The molecule has 5 heteroatoms. The second-order valence-electron chi connectivity index (χ2n) is 3.92. The van der Waals surface area contributed by atoms with Crippen molar-refractivity contribution in [3.63, 3.8) is 0 Å². The van der Waals surface area contributed by atoms with E-state index in [0.29, 0.717) is 11.7 Å². The molecule has 3 rings (SSSR count). The van der Waals surface area contributed by atoms with Crippen LogP contribution in [0.15, 0.2) is 18.7 Å². The van der Waals surface area contributed by atoms with Crippen LogP contribution in [0.3, 0.4) is 0 Å². The van der Waals surface area contributed by atoms with Gasteiger partial charge in [-0.15, -0.1) is 0 Å². The molecule has 3 heterocycles. The Bertz CT molecular complexity index is 458. The third-order valence-electron chi connectivity index (χ3n) is 2.97. The summed E-state index contributed by atoms with van der Waals surface area (Å²) in [6.07, 6.45) is 7.88. The zero-order valence-corrected chi connectivity index (χ0v) is 8.43.